The van der Waals surface area contributed by atoms with Gasteiger partial charge < -0.3 is 4.74 Å². The number of esters is 1. The number of carbonyl (C=O) groups excluding carboxylic acids is 2. The first-order valence-electron chi connectivity index (χ1n) is 4.52. The molecule has 0 aromatic rings. The van der Waals surface area contributed by atoms with Gasteiger partial charge >= 0.3 is 5.97 Å². The standard InChI is InChI=1S/C10H15NO3/c1-4-5-9(6-11-7-12)14-10(13)8(2)3/h9H,2,4-6H2,1,3H3. The van der Waals surface area contributed by atoms with Gasteiger partial charge in [-0.2, -0.15) is 0 Å². The van der Waals surface area contributed by atoms with Crippen molar-refractivity contribution < 1.29 is 14.3 Å². The van der Waals surface area contributed by atoms with Crippen molar-refractivity contribution in [2.24, 2.45) is 4.99 Å². The zero-order chi connectivity index (χ0) is 11.0. The van der Waals surface area contributed by atoms with Crippen LogP contribution in [0.2, 0.25) is 0 Å². The van der Waals surface area contributed by atoms with Crippen LogP contribution >= 0.6 is 0 Å². The van der Waals surface area contributed by atoms with Crippen molar-refractivity contribution in [1.82, 2.24) is 0 Å². The Bertz CT molecular complexity index is 254. The van der Waals surface area contributed by atoms with Gasteiger partial charge in [-0.1, -0.05) is 19.9 Å². The fraction of sp³-hybridized carbons (Fsp3) is 0.600. The first-order valence-corrected chi connectivity index (χ1v) is 4.52. The van der Waals surface area contributed by atoms with Gasteiger partial charge in [0.25, 0.3) is 0 Å². The van der Waals surface area contributed by atoms with E-state index >= 15 is 0 Å². The smallest absolute Gasteiger partial charge is 0.333 e. The molecule has 0 N–H and O–H groups in total. The number of rotatable bonds is 6. The molecule has 0 heterocycles. The molecule has 4 heteroatoms. The summed E-state index contributed by atoms with van der Waals surface area (Å²) in [6.07, 6.45) is 2.63. The molecule has 0 spiro atoms. The molecule has 0 aromatic heterocycles. The van der Waals surface area contributed by atoms with E-state index in [0.717, 1.165) is 6.42 Å². The van der Waals surface area contributed by atoms with Gasteiger partial charge in [-0.15, -0.1) is 0 Å². The van der Waals surface area contributed by atoms with Crippen LogP contribution < -0.4 is 0 Å². The highest BCUT2D eigenvalue weighted by Gasteiger charge is 2.13. The summed E-state index contributed by atoms with van der Waals surface area (Å²) in [4.78, 5) is 24.4. The van der Waals surface area contributed by atoms with Crippen molar-refractivity contribution in [3.8, 4) is 0 Å². The zero-order valence-corrected chi connectivity index (χ0v) is 8.58. The molecule has 0 saturated heterocycles. The van der Waals surface area contributed by atoms with Gasteiger partial charge in [0.15, 0.2) is 0 Å². The Labute approximate surface area is 83.7 Å². The van der Waals surface area contributed by atoms with Crippen LogP contribution in [-0.4, -0.2) is 24.7 Å². The predicted octanol–water partition coefficient (Wildman–Crippen LogP) is 1.61. The number of nitrogens with zero attached hydrogens (tertiary/aromatic N) is 1. The molecule has 0 aliphatic heterocycles. The van der Waals surface area contributed by atoms with Crippen molar-refractivity contribution >= 4 is 12.0 Å². The minimum Gasteiger partial charge on any atom is -0.457 e. The fourth-order valence-electron chi connectivity index (χ4n) is 0.901. The molecule has 1 atom stereocenters. The molecule has 0 aromatic carbocycles. The molecule has 0 aliphatic carbocycles. The second kappa shape index (κ2) is 7.04. The molecule has 0 amide bonds. The Hall–Kier alpha value is -1.41. The number of aliphatic imine (C=N–C) groups is 1. The van der Waals surface area contributed by atoms with Crippen LogP contribution in [0.1, 0.15) is 26.7 Å². The van der Waals surface area contributed by atoms with Crippen LogP contribution in [0, 0.1) is 0 Å². The van der Waals surface area contributed by atoms with Crippen LogP contribution in [-0.2, 0) is 14.3 Å². The van der Waals surface area contributed by atoms with Gasteiger partial charge in [-0.05, 0) is 13.3 Å². The SMILES string of the molecule is C=C(C)C(=O)OC(CCC)CN=C=O. The molecule has 0 rings (SSSR count). The number of hydrogen-bond donors (Lipinski definition) is 0. The number of ether oxygens (including phenoxy) is 1. The van der Waals surface area contributed by atoms with Crippen LogP contribution in [0.3, 0.4) is 0 Å². The first-order chi connectivity index (χ1) is 6.61. The van der Waals surface area contributed by atoms with Crippen molar-refractivity contribution in [2.45, 2.75) is 32.8 Å². The van der Waals surface area contributed by atoms with Crippen LogP contribution in [0.15, 0.2) is 17.1 Å². The molecule has 0 bridgehead atoms. The number of carbonyl (C=O) groups is 1. The minimum atomic E-state index is -0.440. The Kier molecular flexibility index (Phi) is 6.33. The van der Waals surface area contributed by atoms with Crippen molar-refractivity contribution in [1.29, 1.82) is 0 Å². The van der Waals surface area contributed by atoms with Gasteiger partial charge in [-0.3, -0.25) is 0 Å². The maximum atomic E-state index is 11.1. The van der Waals surface area contributed by atoms with E-state index in [9.17, 15) is 9.59 Å². The highest BCUT2D eigenvalue weighted by molar-refractivity contribution is 5.87. The number of isocyanates is 1. The Morgan fingerprint density at radius 2 is 2.29 bits per heavy atom. The summed E-state index contributed by atoms with van der Waals surface area (Å²) < 4.78 is 5.04. The molecular formula is C10H15NO3. The molecule has 4 nitrogen and oxygen atoms in total. The van der Waals surface area contributed by atoms with Gasteiger partial charge in [0.05, 0.1) is 6.54 Å². The van der Waals surface area contributed by atoms with E-state index in [2.05, 4.69) is 11.6 Å². The molecule has 0 aliphatic rings. The molecule has 0 fully saturated rings. The van der Waals surface area contributed by atoms with Crippen molar-refractivity contribution in [3.05, 3.63) is 12.2 Å². The normalized spacial score (nSPS) is 11.3. The monoisotopic (exact) mass is 197 g/mol. The third kappa shape index (κ3) is 5.27. The van der Waals surface area contributed by atoms with Crippen LogP contribution in [0.4, 0.5) is 0 Å². The lowest BCUT2D eigenvalue weighted by Gasteiger charge is -2.14. The van der Waals surface area contributed by atoms with E-state index in [1.54, 1.807) is 6.92 Å². The van der Waals surface area contributed by atoms with Crippen LogP contribution in [0.5, 0.6) is 0 Å². The minimum absolute atomic E-state index is 0.177. The molecule has 0 saturated carbocycles. The van der Waals surface area contributed by atoms with E-state index in [1.165, 1.54) is 6.08 Å². The maximum absolute atomic E-state index is 11.1. The van der Waals surface area contributed by atoms with E-state index < -0.39 is 5.97 Å². The third-order valence-corrected chi connectivity index (χ3v) is 1.59. The number of hydrogen-bond acceptors (Lipinski definition) is 4. The molecule has 14 heavy (non-hydrogen) atoms. The summed E-state index contributed by atoms with van der Waals surface area (Å²) in [6.45, 7) is 7.19. The quantitative estimate of drug-likeness (QED) is 0.281. The highest BCUT2D eigenvalue weighted by Crippen LogP contribution is 2.05. The Morgan fingerprint density at radius 3 is 2.71 bits per heavy atom. The zero-order valence-electron chi connectivity index (χ0n) is 8.58. The lowest BCUT2D eigenvalue weighted by Crippen LogP contribution is -2.21. The van der Waals surface area contributed by atoms with Crippen LogP contribution in [0.25, 0.3) is 0 Å². The summed E-state index contributed by atoms with van der Waals surface area (Å²) in [5.74, 6) is -0.440. The molecule has 0 radical (unpaired) electrons. The summed E-state index contributed by atoms with van der Waals surface area (Å²) in [6, 6.07) is 0. The molecule has 1 unspecified atom stereocenters. The Morgan fingerprint density at radius 1 is 1.64 bits per heavy atom. The summed E-state index contributed by atoms with van der Waals surface area (Å²) >= 11 is 0. The first kappa shape index (κ1) is 12.6. The van der Waals surface area contributed by atoms with E-state index in [-0.39, 0.29) is 12.6 Å². The summed E-state index contributed by atoms with van der Waals surface area (Å²) in [7, 11) is 0. The highest BCUT2D eigenvalue weighted by atomic mass is 16.5. The predicted molar refractivity (Wildman–Crippen MR) is 52.6 cm³/mol. The lowest BCUT2D eigenvalue weighted by molar-refractivity contribution is -0.144. The molecular weight excluding hydrogens is 182 g/mol. The second-order valence-electron chi connectivity index (χ2n) is 3.03. The Balaban J connectivity index is 4.13. The van der Waals surface area contributed by atoms with Gasteiger partial charge in [-0.25, -0.2) is 14.6 Å². The molecule has 78 valence electrons. The van der Waals surface area contributed by atoms with Crippen molar-refractivity contribution in [2.75, 3.05) is 6.54 Å². The fourth-order valence-corrected chi connectivity index (χ4v) is 0.901. The second-order valence-corrected chi connectivity index (χ2v) is 3.03. The average Bonchev–Trinajstić information content (AvgIpc) is 2.14. The largest absolute Gasteiger partial charge is 0.457 e. The van der Waals surface area contributed by atoms with E-state index in [0.29, 0.717) is 12.0 Å². The summed E-state index contributed by atoms with van der Waals surface area (Å²) in [5, 5.41) is 0. The maximum Gasteiger partial charge on any atom is 0.333 e. The lowest BCUT2D eigenvalue weighted by atomic mass is 10.2. The van der Waals surface area contributed by atoms with Gasteiger partial charge in [0.1, 0.15) is 6.10 Å². The third-order valence-electron chi connectivity index (χ3n) is 1.59. The van der Waals surface area contributed by atoms with Gasteiger partial charge in [0, 0.05) is 5.57 Å². The summed E-state index contributed by atoms with van der Waals surface area (Å²) in [5.41, 5.74) is 0.348. The van der Waals surface area contributed by atoms with E-state index in [4.69, 9.17) is 4.74 Å². The van der Waals surface area contributed by atoms with E-state index in [1.807, 2.05) is 6.92 Å². The topological polar surface area (TPSA) is 55.7 Å². The van der Waals surface area contributed by atoms with Gasteiger partial charge in [0.2, 0.25) is 6.08 Å². The average molecular weight is 197 g/mol. The van der Waals surface area contributed by atoms with Crippen molar-refractivity contribution in [3.63, 3.8) is 0 Å².